The van der Waals surface area contributed by atoms with Gasteiger partial charge in [0.25, 0.3) is 5.91 Å². The maximum Gasteiger partial charge on any atom is 0.258 e. The van der Waals surface area contributed by atoms with Gasteiger partial charge in [0, 0.05) is 38.9 Å². The average Bonchev–Trinajstić information content (AvgIpc) is 3.10. The Morgan fingerprint density at radius 3 is 2.80 bits per heavy atom. The molecule has 0 spiro atoms. The molecule has 1 aromatic carbocycles. The van der Waals surface area contributed by atoms with Crippen LogP contribution in [-0.2, 0) is 9.53 Å². The van der Waals surface area contributed by atoms with Crippen LogP contribution in [0.5, 0.6) is 5.75 Å². The van der Waals surface area contributed by atoms with E-state index in [4.69, 9.17) is 21.1 Å². The SMILES string of the molecule is COCCCN(C)C(=O)C1CCCN1C(=O)c1cc(Cl)ccc1OC. The Morgan fingerprint density at radius 1 is 1.36 bits per heavy atom. The third-order valence-electron chi connectivity index (χ3n) is 4.41. The molecule has 1 aromatic rings. The van der Waals surface area contributed by atoms with Crippen molar-refractivity contribution in [3.8, 4) is 5.75 Å². The summed E-state index contributed by atoms with van der Waals surface area (Å²) in [6.45, 7) is 1.76. The van der Waals surface area contributed by atoms with E-state index in [1.807, 2.05) is 0 Å². The topological polar surface area (TPSA) is 59.1 Å². The fraction of sp³-hybridized carbons (Fsp3) is 0.556. The van der Waals surface area contributed by atoms with Gasteiger partial charge < -0.3 is 19.3 Å². The van der Waals surface area contributed by atoms with Crippen molar-refractivity contribution < 1.29 is 19.1 Å². The van der Waals surface area contributed by atoms with E-state index in [0.717, 1.165) is 12.8 Å². The lowest BCUT2D eigenvalue weighted by Gasteiger charge is -2.28. The number of nitrogens with zero attached hydrogens (tertiary/aromatic N) is 2. The number of carbonyl (C=O) groups is 2. The molecule has 7 heteroatoms. The number of rotatable bonds is 7. The van der Waals surface area contributed by atoms with Crippen LogP contribution >= 0.6 is 11.6 Å². The zero-order chi connectivity index (χ0) is 18.4. The molecule has 0 aliphatic carbocycles. The lowest BCUT2D eigenvalue weighted by molar-refractivity contribution is -0.134. The van der Waals surface area contributed by atoms with Gasteiger partial charge in [-0.3, -0.25) is 9.59 Å². The Bertz CT molecular complexity index is 623. The van der Waals surface area contributed by atoms with E-state index in [0.29, 0.717) is 42.5 Å². The Morgan fingerprint density at radius 2 is 2.12 bits per heavy atom. The number of methoxy groups -OCH3 is 2. The Balaban J connectivity index is 2.14. The number of hydrogen-bond acceptors (Lipinski definition) is 4. The Labute approximate surface area is 153 Å². The highest BCUT2D eigenvalue weighted by molar-refractivity contribution is 6.31. The van der Waals surface area contributed by atoms with Crippen molar-refractivity contribution >= 4 is 23.4 Å². The van der Waals surface area contributed by atoms with Gasteiger partial charge in [0.15, 0.2) is 0 Å². The Kier molecular flexibility index (Phi) is 7.08. The second-order valence-corrected chi connectivity index (χ2v) is 6.54. The molecule has 1 atom stereocenters. The van der Waals surface area contributed by atoms with E-state index in [-0.39, 0.29) is 11.8 Å². The number of likely N-dealkylation sites (N-methyl/N-ethyl adjacent to an activating group) is 1. The zero-order valence-electron chi connectivity index (χ0n) is 15.0. The van der Waals surface area contributed by atoms with Gasteiger partial charge in [0.1, 0.15) is 11.8 Å². The molecule has 1 aliphatic rings. The summed E-state index contributed by atoms with van der Waals surface area (Å²) >= 11 is 6.03. The van der Waals surface area contributed by atoms with E-state index in [2.05, 4.69) is 0 Å². The number of likely N-dealkylation sites (tertiary alicyclic amines) is 1. The Hall–Kier alpha value is -1.79. The minimum atomic E-state index is -0.441. The smallest absolute Gasteiger partial charge is 0.258 e. The lowest BCUT2D eigenvalue weighted by atomic mass is 10.1. The van der Waals surface area contributed by atoms with Crippen molar-refractivity contribution in [3.63, 3.8) is 0 Å². The number of amides is 2. The van der Waals surface area contributed by atoms with E-state index >= 15 is 0 Å². The number of carbonyl (C=O) groups excluding carboxylic acids is 2. The molecule has 1 saturated heterocycles. The van der Waals surface area contributed by atoms with Crippen molar-refractivity contribution in [1.29, 1.82) is 0 Å². The van der Waals surface area contributed by atoms with Crippen LogP contribution in [0.25, 0.3) is 0 Å². The average molecular weight is 369 g/mol. The highest BCUT2D eigenvalue weighted by atomic mass is 35.5. The molecular formula is C18H25ClN2O4. The molecule has 25 heavy (non-hydrogen) atoms. The maximum absolute atomic E-state index is 13.0. The van der Waals surface area contributed by atoms with E-state index in [9.17, 15) is 9.59 Å². The van der Waals surface area contributed by atoms with Crippen LogP contribution in [-0.4, -0.2) is 68.6 Å². The fourth-order valence-corrected chi connectivity index (χ4v) is 3.25. The van der Waals surface area contributed by atoms with Gasteiger partial charge in [-0.2, -0.15) is 0 Å². The highest BCUT2D eigenvalue weighted by Gasteiger charge is 2.36. The predicted molar refractivity (Wildman–Crippen MR) is 96.2 cm³/mol. The quantitative estimate of drug-likeness (QED) is 0.694. The standard InChI is InChI=1S/C18H25ClN2O4/c1-20(9-5-11-24-2)18(23)15-6-4-10-21(15)17(22)14-12-13(19)7-8-16(14)25-3/h7-8,12,15H,4-6,9-11H2,1-3H3. The molecule has 2 amide bonds. The van der Waals surface area contributed by atoms with Gasteiger partial charge in [-0.05, 0) is 37.5 Å². The van der Waals surface area contributed by atoms with Gasteiger partial charge in [0.05, 0.1) is 12.7 Å². The second kappa shape index (κ2) is 9.06. The first-order valence-electron chi connectivity index (χ1n) is 8.38. The first kappa shape index (κ1) is 19.5. The summed E-state index contributed by atoms with van der Waals surface area (Å²) in [7, 11) is 4.91. The van der Waals surface area contributed by atoms with Crippen LogP contribution in [0.2, 0.25) is 5.02 Å². The van der Waals surface area contributed by atoms with Crippen LogP contribution in [0.3, 0.4) is 0 Å². The summed E-state index contributed by atoms with van der Waals surface area (Å²) in [5, 5.41) is 0.461. The number of benzene rings is 1. The number of ether oxygens (including phenoxy) is 2. The highest BCUT2D eigenvalue weighted by Crippen LogP contribution is 2.28. The third-order valence-corrected chi connectivity index (χ3v) is 4.64. The van der Waals surface area contributed by atoms with E-state index < -0.39 is 6.04 Å². The minimum absolute atomic E-state index is 0.0389. The molecule has 0 N–H and O–H groups in total. The van der Waals surface area contributed by atoms with Gasteiger partial charge in [-0.25, -0.2) is 0 Å². The third kappa shape index (κ3) is 4.64. The molecule has 0 aromatic heterocycles. The zero-order valence-corrected chi connectivity index (χ0v) is 15.7. The first-order valence-corrected chi connectivity index (χ1v) is 8.75. The second-order valence-electron chi connectivity index (χ2n) is 6.11. The normalized spacial score (nSPS) is 16.8. The molecule has 1 heterocycles. The van der Waals surface area contributed by atoms with Gasteiger partial charge in [-0.15, -0.1) is 0 Å². The summed E-state index contributed by atoms with van der Waals surface area (Å²) in [5.74, 6) is 0.199. The molecule has 0 saturated carbocycles. The van der Waals surface area contributed by atoms with Gasteiger partial charge in [-0.1, -0.05) is 11.6 Å². The lowest BCUT2D eigenvalue weighted by Crippen LogP contribution is -2.47. The van der Waals surface area contributed by atoms with Gasteiger partial charge in [0.2, 0.25) is 5.91 Å². The number of halogens is 1. The summed E-state index contributed by atoms with van der Waals surface area (Å²) in [6, 6.07) is 4.49. The van der Waals surface area contributed by atoms with E-state index in [1.165, 1.54) is 7.11 Å². The van der Waals surface area contributed by atoms with Crippen molar-refractivity contribution in [1.82, 2.24) is 9.80 Å². The first-order chi connectivity index (χ1) is 12.0. The largest absolute Gasteiger partial charge is 0.496 e. The molecule has 1 aliphatic heterocycles. The fourth-order valence-electron chi connectivity index (χ4n) is 3.08. The monoisotopic (exact) mass is 368 g/mol. The van der Waals surface area contributed by atoms with Crippen LogP contribution < -0.4 is 4.74 Å². The summed E-state index contributed by atoms with van der Waals surface area (Å²) < 4.78 is 10.3. The molecule has 1 unspecified atom stereocenters. The van der Waals surface area contributed by atoms with Crippen LogP contribution in [0.1, 0.15) is 29.6 Å². The van der Waals surface area contributed by atoms with Crippen LogP contribution in [0.15, 0.2) is 18.2 Å². The van der Waals surface area contributed by atoms with Crippen LogP contribution in [0, 0.1) is 0 Å². The summed E-state index contributed by atoms with van der Waals surface area (Å²) in [5.41, 5.74) is 0.386. The van der Waals surface area contributed by atoms with Crippen molar-refractivity contribution in [2.24, 2.45) is 0 Å². The van der Waals surface area contributed by atoms with Crippen molar-refractivity contribution in [2.45, 2.75) is 25.3 Å². The molecule has 0 radical (unpaired) electrons. The molecule has 2 rings (SSSR count). The minimum Gasteiger partial charge on any atom is -0.496 e. The predicted octanol–water partition coefficient (Wildman–Crippen LogP) is 2.45. The van der Waals surface area contributed by atoms with Crippen molar-refractivity contribution in [3.05, 3.63) is 28.8 Å². The van der Waals surface area contributed by atoms with Crippen LogP contribution in [0.4, 0.5) is 0 Å². The summed E-state index contributed by atoms with van der Waals surface area (Å²) in [6.07, 6.45) is 2.24. The molecule has 138 valence electrons. The summed E-state index contributed by atoms with van der Waals surface area (Å²) in [4.78, 5) is 29.0. The van der Waals surface area contributed by atoms with E-state index in [1.54, 1.807) is 42.2 Å². The van der Waals surface area contributed by atoms with Gasteiger partial charge >= 0.3 is 0 Å². The van der Waals surface area contributed by atoms with Crippen molar-refractivity contribution in [2.75, 3.05) is 41.0 Å². The molecular weight excluding hydrogens is 344 g/mol. The molecule has 0 bridgehead atoms. The number of hydrogen-bond donors (Lipinski definition) is 0. The molecule has 1 fully saturated rings. The maximum atomic E-state index is 13.0. The molecule has 6 nitrogen and oxygen atoms in total.